The Bertz CT molecular complexity index is 1100. The molecule has 2 heterocycles. The van der Waals surface area contributed by atoms with E-state index in [1.165, 1.54) is 0 Å². The number of hydrogen-bond acceptors (Lipinski definition) is 5. The second kappa shape index (κ2) is 9.34. The maximum Gasteiger partial charge on any atom is 0.251 e. The van der Waals surface area contributed by atoms with E-state index in [0.717, 1.165) is 29.5 Å². The molecule has 1 N–H and O–H groups in total. The third-order valence-corrected chi connectivity index (χ3v) is 5.72. The van der Waals surface area contributed by atoms with E-state index in [0.29, 0.717) is 30.4 Å². The first kappa shape index (κ1) is 21.7. The molecule has 0 aliphatic carbocycles. The second-order valence-electron chi connectivity index (χ2n) is 8.59. The molecular weight excluding hydrogens is 404 g/mol. The summed E-state index contributed by atoms with van der Waals surface area (Å²) in [6.07, 6.45) is 1.54. The number of aryl methyl sites for hydroxylation is 1. The zero-order valence-electron chi connectivity index (χ0n) is 18.7. The molecule has 2 aromatic carbocycles. The molecule has 0 bridgehead atoms. The Balaban J connectivity index is 1.36. The SMILES string of the molecule is Cc1cccc(-c2nnc(-c3ccc(C(=O)NC4CCN(C(=O)C(C)C)CC4)cc3)o2)c1. The summed E-state index contributed by atoms with van der Waals surface area (Å²) >= 11 is 0. The fourth-order valence-corrected chi connectivity index (χ4v) is 3.88. The molecule has 0 unspecified atom stereocenters. The highest BCUT2D eigenvalue weighted by atomic mass is 16.4. The first-order valence-corrected chi connectivity index (χ1v) is 11.0. The molecule has 32 heavy (non-hydrogen) atoms. The zero-order valence-corrected chi connectivity index (χ0v) is 18.7. The van der Waals surface area contributed by atoms with Gasteiger partial charge in [0.1, 0.15) is 0 Å². The molecule has 166 valence electrons. The van der Waals surface area contributed by atoms with E-state index in [9.17, 15) is 9.59 Å². The minimum Gasteiger partial charge on any atom is -0.416 e. The molecule has 0 radical (unpaired) electrons. The Hall–Kier alpha value is -3.48. The smallest absolute Gasteiger partial charge is 0.251 e. The van der Waals surface area contributed by atoms with Crippen LogP contribution in [0.15, 0.2) is 52.9 Å². The molecule has 1 aliphatic rings. The maximum absolute atomic E-state index is 12.7. The summed E-state index contributed by atoms with van der Waals surface area (Å²) in [5.74, 6) is 0.947. The van der Waals surface area contributed by atoms with Crippen LogP contribution in [0.25, 0.3) is 22.9 Å². The van der Waals surface area contributed by atoms with Gasteiger partial charge in [-0.15, -0.1) is 10.2 Å². The van der Waals surface area contributed by atoms with Gasteiger partial charge in [-0.3, -0.25) is 9.59 Å². The monoisotopic (exact) mass is 432 g/mol. The lowest BCUT2D eigenvalue weighted by atomic mass is 10.0. The molecule has 0 spiro atoms. The van der Waals surface area contributed by atoms with Gasteiger partial charge in [-0.2, -0.15) is 0 Å². The zero-order chi connectivity index (χ0) is 22.7. The van der Waals surface area contributed by atoms with Crippen LogP contribution in [0, 0.1) is 12.8 Å². The Morgan fingerprint density at radius 1 is 1.00 bits per heavy atom. The minimum absolute atomic E-state index is 0.00592. The molecule has 0 saturated carbocycles. The highest BCUT2D eigenvalue weighted by Gasteiger charge is 2.25. The third-order valence-electron chi connectivity index (χ3n) is 5.72. The summed E-state index contributed by atoms with van der Waals surface area (Å²) in [5, 5.41) is 11.4. The predicted molar refractivity (Wildman–Crippen MR) is 122 cm³/mol. The standard InChI is InChI=1S/C25H28N4O3/c1-16(2)25(31)29-13-11-21(12-14-29)26-22(30)18-7-9-19(10-8-18)23-27-28-24(32-23)20-6-4-5-17(3)15-20/h4-10,15-16,21H,11-14H2,1-3H3,(H,26,30). The lowest BCUT2D eigenvalue weighted by Crippen LogP contribution is -2.47. The van der Waals surface area contributed by atoms with E-state index < -0.39 is 0 Å². The van der Waals surface area contributed by atoms with E-state index in [2.05, 4.69) is 15.5 Å². The number of aromatic nitrogens is 2. The molecular formula is C25H28N4O3. The Labute approximate surface area is 187 Å². The van der Waals surface area contributed by atoms with Gasteiger partial charge >= 0.3 is 0 Å². The van der Waals surface area contributed by atoms with Crippen molar-refractivity contribution in [1.82, 2.24) is 20.4 Å². The number of likely N-dealkylation sites (tertiary alicyclic amines) is 1. The topological polar surface area (TPSA) is 88.3 Å². The third kappa shape index (κ3) is 4.88. The molecule has 4 rings (SSSR count). The van der Waals surface area contributed by atoms with Crippen LogP contribution >= 0.6 is 0 Å². The minimum atomic E-state index is -0.115. The lowest BCUT2D eigenvalue weighted by molar-refractivity contribution is -0.135. The highest BCUT2D eigenvalue weighted by molar-refractivity contribution is 5.94. The Kier molecular flexibility index (Phi) is 6.35. The van der Waals surface area contributed by atoms with Gasteiger partial charge in [0.15, 0.2) is 0 Å². The van der Waals surface area contributed by atoms with Gasteiger partial charge in [0, 0.05) is 41.7 Å². The fourth-order valence-electron chi connectivity index (χ4n) is 3.88. The first-order chi connectivity index (χ1) is 15.4. The van der Waals surface area contributed by atoms with Crippen LogP contribution in [0.1, 0.15) is 42.6 Å². The van der Waals surface area contributed by atoms with Crippen molar-refractivity contribution in [1.29, 1.82) is 0 Å². The second-order valence-corrected chi connectivity index (χ2v) is 8.59. The van der Waals surface area contributed by atoms with Gasteiger partial charge in [-0.1, -0.05) is 31.5 Å². The molecule has 2 amide bonds. The van der Waals surface area contributed by atoms with Gasteiger partial charge in [0.25, 0.3) is 5.91 Å². The van der Waals surface area contributed by atoms with Crippen molar-refractivity contribution in [3.63, 3.8) is 0 Å². The van der Waals surface area contributed by atoms with E-state index >= 15 is 0 Å². The summed E-state index contributed by atoms with van der Waals surface area (Å²) in [6, 6.07) is 15.1. The molecule has 1 aliphatic heterocycles. The number of carbonyl (C=O) groups excluding carboxylic acids is 2. The maximum atomic E-state index is 12.7. The van der Waals surface area contributed by atoms with Gasteiger partial charge in [-0.05, 0) is 56.2 Å². The summed E-state index contributed by atoms with van der Waals surface area (Å²) in [7, 11) is 0. The quantitative estimate of drug-likeness (QED) is 0.656. The van der Waals surface area contributed by atoms with Crippen LogP contribution in [0.2, 0.25) is 0 Å². The number of benzene rings is 2. The summed E-state index contributed by atoms with van der Waals surface area (Å²) in [4.78, 5) is 26.7. The van der Waals surface area contributed by atoms with E-state index in [1.807, 2.05) is 62.1 Å². The van der Waals surface area contributed by atoms with Crippen molar-refractivity contribution in [2.45, 2.75) is 39.7 Å². The normalized spacial score (nSPS) is 14.6. The number of nitrogens with zero attached hydrogens (tertiary/aromatic N) is 3. The average Bonchev–Trinajstić information content (AvgIpc) is 3.29. The summed E-state index contributed by atoms with van der Waals surface area (Å²) < 4.78 is 5.82. The molecule has 3 aromatic rings. The van der Waals surface area contributed by atoms with Gasteiger partial charge in [0.05, 0.1) is 0 Å². The van der Waals surface area contributed by atoms with Crippen LogP contribution in [0.4, 0.5) is 0 Å². The number of carbonyl (C=O) groups is 2. The van der Waals surface area contributed by atoms with E-state index in [1.54, 1.807) is 12.1 Å². The number of amides is 2. The van der Waals surface area contributed by atoms with Crippen molar-refractivity contribution in [3.8, 4) is 22.9 Å². The van der Waals surface area contributed by atoms with E-state index in [4.69, 9.17) is 4.42 Å². The molecule has 7 nitrogen and oxygen atoms in total. The molecule has 1 aromatic heterocycles. The van der Waals surface area contributed by atoms with Gasteiger partial charge in [0.2, 0.25) is 17.7 Å². The fraction of sp³-hybridized carbons (Fsp3) is 0.360. The Morgan fingerprint density at radius 2 is 1.66 bits per heavy atom. The van der Waals surface area contributed by atoms with Crippen LogP contribution < -0.4 is 5.32 Å². The number of piperidine rings is 1. The largest absolute Gasteiger partial charge is 0.416 e. The lowest BCUT2D eigenvalue weighted by Gasteiger charge is -2.33. The molecule has 1 saturated heterocycles. The number of rotatable bonds is 5. The van der Waals surface area contributed by atoms with Crippen molar-refractivity contribution in [2.24, 2.45) is 5.92 Å². The molecule has 1 fully saturated rings. The summed E-state index contributed by atoms with van der Waals surface area (Å²) in [6.45, 7) is 7.21. The van der Waals surface area contributed by atoms with Crippen LogP contribution in [-0.2, 0) is 4.79 Å². The van der Waals surface area contributed by atoms with Crippen molar-refractivity contribution < 1.29 is 14.0 Å². The molecule has 0 atom stereocenters. The Morgan fingerprint density at radius 3 is 2.28 bits per heavy atom. The van der Waals surface area contributed by atoms with Crippen molar-refractivity contribution in [3.05, 3.63) is 59.7 Å². The van der Waals surface area contributed by atoms with Crippen LogP contribution in [0.5, 0.6) is 0 Å². The van der Waals surface area contributed by atoms with Crippen molar-refractivity contribution >= 4 is 11.8 Å². The number of hydrogen-bond donors (Lipinski definition) is 1. The van der Waals surface area contributed by atoms with Crippen LogP contribution in [-0.4, -0.2) is 46.0 Å². The first-order valence-electron chi connectivity index (χ1n) is 11.0. The highest BCUT2D eigenvalue weighted by Crippen LogP contribution is 2.25. The predicted octanol–water partition coefficient (Wildman–Crippen LogP) is 4.09. The van der Waals surface area contributed by atoms with Gasteiger partial charge in [-0.25, -0.2) is 0 Å². The average molecular weight is 433 g/mol. The summed E-state index contributed by atoms with van der Waals surface area (Å²) in [5.41, 5.74) is 3.33. The van der Waals surface area contributed by atoms with Crippen LogP contribution in [0.3, 0.4) is 0 Å². The molecule has 7 heteroatoms. The van der Waals surface area contributed by atoms with Crippen molar-refractivity contribution in [2.75, 3.05) is 13.1 Å². The van der Waals surface area contributed by atoms with E-state index in [-0.39, 0.29) is 23.8 Å². The van der Waals surface area contributed by atoms with Gasteiger partial charge < -0.3 is 14.6 Å². The number of nitrogens with one attached hydrogen (secondary N) is 1.